The first kappa shape index (κ1) is 20.8. The molecule has 1 atom stereocenters. The van der Waals surface area contributed by atoms with E-state index >= 15 is 0 Å². The molecule has 3 aliphatic rings. The zero-order valence-electron chi connectivity index (χ0n) is 15.1. The summed E-state index contributed by atoms with van der Waals surface area (Å²) in [6.45, 7) is 0. The third-order valence-corrected chi connectivity index (χ3v) is 5.10. The Hall–Kier alpha value is -2.51. The molecule has 0 radical (unpaired) electrons. The first-order valence-electron chi connectivity index (χ1n) is 8.93. The number of hydrogen-bond donors (Lipinski definition) is 3. The van der Waals surface area contributed by atoms with Crippen LogP contribution < -0.4 is 16.4 Å². The van der Waals surface area contributed by atoms with Gasteiger partial charge in [0.15, 0.2) is 17.6 Å². The van der Waals surface area contributed by atoms with Gasteiger partial charge in [-0.1, -0.05) is 0 Å². The molecule has 0 saturated heterocycles. The number of nitrogens with zero attached hydrogens (tertiary/aromatic N) is 4. The van der Waals surface area contributed by atoms with Crippen LogP contribution in [0.3, 0.4) is 0 Å². The van der Waals surface area contributed by atoms with E-state index in [1.165, 1.54) is 0 Å². The second kappa shape index (κ2) is 6.49. The van der Waals surface area contributed by atoms with Crippen molar-refractivity contribution in [2.75, 3.05) is 0 Å². The highest BCUT2D eigenvalue weighted by molar-refractivity contribution is 6.09. The second-order valence-corrected chi connectivity index (χ2v) is 7.66. The van der Waals surface area contributed by atoms with Crippen LogP contribution in [-0.4, -0.2) is 45.4 Å². The van der Waals surface area contributed by atoms with E-state index in [-0.39, 0.29) is 17.5 Å². The minimum absolute atomic E-state index is 0.148. The van der Waals surface area contributed by atoms with Crippen molar-refractivity contribution in [1.29, 1.82) is 0 Å². The minimum Gasteiger partial charge on any atom is -0.319 e. The lowest BCUT2D eigenvalue weighted by molar-refractivity contribution is -0.145. The Morgan fingerprint density at radius 3 is 2.27 bits per heavy atom. The van der Waals surface area contributed by atoms with E-state index in [4.69, 9.17) is 5.73 Å². The fourth-order valence-electron chi connectivity index (χ4n) is 3.46. The normalized spacial score (nSPS) is 30.0. The van der Waals surface area contributed by atoms with Crippen LogP contribution in [0.5, 0.6) is 0 Å². The van der Waals surface area contributed by atoms with Crippen LogP contribution in [0, 0.1) is 5.92 Å². The Labute approximate surface area is 165 Å². The van der Waals surface area contributed by atoms with Crippen LogP contribution in [0.15, 0.2) is 22.2 Å². The first-order chi connectivity index (χ1) is 13.7. The quantitative estimate of drug-likeness (QED) is 0.628. The monoisotopic (exact) mass is 439 g/mol. The number of guanidine groups is 1. The maximum absolute atomic E-state index is 13.4. The summed E-state index contributed by atoms with van der Waals surface area (Å²) in [4.78, 5) is 14.7. The molecule has 30 heavy (non-hydrogen) atoms. The summed E-state index contributed by atoms with van der Waals surface area (Å²) in [5.74, 6) is -10.3. The van der Waals surface area contributed by atoms with Crippen LogP contribution in [0.2, 0.25) is 0 Å². The number of aliphatic imine (C=N–C) groups is 2. The average Bonchev–Trinajstić information content (AvgIpc) is 2.57. The molecule has 0 bridgehead atoms. The predicted octanol–water partition coefficient (Wildman–Crippen LogP) is 2.25. The molecule has 2 fully saturated rings. The van der Waals surface area contributed by atoms with Crippen molar-refractivity contribution in [3.8, 4) is 0 Å². The van der Waals surface area contributed by atoms with Crippen LogP contribution in [0.1, 0.15) is 37.2 Å². The third kappa shape index (κ3) is 4.04. The molecule has 7 nitrogen and oxygen atoms in total. The van der Waals surface area contributed by atoms with E-state index in [0.29, 0.717) is 0 Å². The van der Waals surface area contributed by atoms with Crippen molar-refractivity contribution in [3.63, 3.8) is 0 Å². The highest BCUT2D eigenvalue weighted by atomic mass is 19.4. The summed E-state index contributed by atoms with van der Waals surface area (Å²) < 4.78 is 91.8. The maximum atomic E-state index is 13.4. The lowest BCUT2D eigenvalue weighted by Gasteiger charge is -2.46. The smallest absolute Gasteiger partial charge is 0.319 e. The topological polar surface area (TPSA) is 101 Å². The third-order valence-electron chi connectivity index (χ3n) is 5.10. The molecule has 0 aromatic carbocycles. The van der Waals surface area contributed by atoms with E-state index < -0.39 is 67.3 Å². The van der Waals surface area contributed by atoms with E-state index in [9.17, 15) is 30.7 Å². The van der Waals surface area contributed by atoms with Gasteiger partial charge in [0.05, 0.1) is 6.04 Å². The highest BCUT2D eigenvalue weighted by Crippen LogP contribution is 2.47. The average molecular weight is 439 g/mol. The lowest BCUT2D eigenvalue weighted by Crippen LogP contribution is -2.70. The van der Waals surface area contributed by atoms with Crippen LogP contribution >= 0.6 is 0 Å². The van der Waals surface area contributed by atoms with Gasteiger partial charge in [0.25, 0.3) is 5.92 Å². The van der Waals surface area contributed by atoms with Crippen LogP contribution in [0.25, 0.3) is 0 Å². The van der Waals surface area contributed by atoms with Crippen molar-refractivity contribution >= 4 is 11.8 Å². The van der Waals surface area contributed by atoms with Gasteiger partial charge in [-0.15, -0.1) is 0 Å². The molecule has 2 heterocycles. The second-order valence-electron chi connectivity index (χ2n) is 7.66. The molecule has 4 rings (SSSR count). The molecule has 2 aliphatic carbocycles. The summed E-state index contributed by atoms with van der Waals surface area (Å²) in [5, 5.41) is 5.20. The molecule has 0 amide bonds. The van der Waals surface area contributed by atoms with Gasteiger partial charge in [-0.2, -0.15) is 13.2 Å². The van der Waals surface area contributed by atoms with Crippen molar-refractivity contribution in [2.45, 2.75) is 55.5 Å². The van der Waals surface area contributed by atoms with Crippen LogP contribution in [0.4, 0.5) is 30.7 Å². The number of rotatable bonds is 3. The standard InChI is InChI=1S/C16H16F7N7/c17-13(18)3-7(4-13)16(24)29-10(9-1-2-25-11(27-9)15(21,22)23)28-12(30-16)26-8-5-14(19,20)6-8/h1-2,7-8H,3-6,24H2,(H2,26,28,29,30). The molecule has 164 valence electrons. The zero-order chi connectivity index (χ0) is 21.9. The molecule has 4 N–H and O–H groups in total. The summed E-state index contributed by atoms with van der Waals surface area (Å²) in [5.41, 5.74) is 5.85. The number of hydrogen-bond acceptors (Lipinski definition) is 5. The SMILES string of the molecule is NC1(C2CC(F)(F)C2)N=C(c2ccnc(C(F)(F)F)n2)NC(=NC2CC(F)(F)C2)N1. The predicted molar refractivity (Wildman–Crippen MR) is 89.8 cm³/mol. The fourth-order valence-corrected chi connectivity index (χ4v) is 3.46. The number of aromatic nitrogens is 2. The molecule has 2 saturated carbocycles. The largest absolute Gasteiger partial charge is 0.451 e. The Kier molecular flexibility index (Phi) is 4.49. The van der Waals surface area contributed by atoms with E-state index in [1.54, 1.807) is 0 Å². The van der Waals surface area contributed by atoms with Gasteiger partial charge in [0.2, 0.25) is 11.7 Å². The molecule has 14 heteroatoms. The van der Waals surface area contributed by atoms with E-state index in [1.807, 2.05) is 0 Å². The number of nitrogens with one attached hydrogen (secondary N) is 2. The molecular formula is C16H16F7N7. The van der Waals surface area contributed by atoms with E-state index in [2.05, 4.69) is 30.6 Å². The van der Waals surface area contributed by atoms with E-state index in [0.717, 1.165) is 12.3 Å². The van der Waals surface area contributed by atoms with Crippen LogP contribution in [-0.2, 0) is 6.18 Å². The Morgan fingerprint density at radius 2 is 1.70 bits per heavy atom. The lowest BCUT2D eigenvalue weighted by atomic mass is 9.76. The molecule has 1 aliphatic heterocycles. The minimum atomic E-state index is -4.83. The van der Waals surface area contributed by atoms with Crippen molar-refractivity contribution in [3.05, 3.63) is 23.8 Å². The molecular weight excluding hydrogens is 423 g/mol. The maximum Gasteiger partial charge on any atom is 0.451 e. The van der Waals surface area contributed by atoms with Gasteiger partial charge in [0.1, 0.15) is 5.69 Å². The summed E-state index contributed by atoms with van der Waals surface area (Å²) >= 11 is 0. The van der Waals surface area contributed by atoms with Crippen molar-refractivity contribution in [1.82, 2.24) is 20.6 Å². The van der Waals surface area contributed by atoms with Gasteiger partial charge in [0, 0.05) is 37.8 Å². The molecule has 1 unspecified atom stereocenters. The van der Waals surface area contributed by atoms with Gasteiger partial charge in [-0.05, 0) is 6.07 Å². The Morgan fingerprint density at radius 1 is 1.07 bits per heavy atom. The molecule has 1 aromatic heterocycles. The summed E-state index contributed by atoms with van der Waals surface area (Å²) in [7, 11) is 0. The van der Waals surface area contributed by atoms with Gasteiger partial charge >= 0.3 is 6.18 Å². The highest BCUT2D eigenvalue weighted by Gasteiger charge is 2.55. The number of nitrogens with two attached hydrogens (primary N) is 1. The fraction of sp³-hybridized carbons (Fsp3) is 0.625. The Balaban J connectivity index is 1.66. The summed E-state index contributed by atoms with van der Waals surface area (Å²) in [6.07, 6.45) is -6.20. The van der Waals surface area contributed by atoms with Gasteiger partial charge in [-0.3, -0.25) is 5.73 Å². The zero-order valence-corrected chi connectivity index (χ0v) is 15.1. The number of amidine groups is 1. The molecule has 1 aromatic rings. The number of halogens is 7. The Bertz CT molecular complexity index is 897. The van der Waals surface area contributed by atoms with Crippen molar-refractivity contribution in [2.24, 2.45) is 21.6 Å². The summed E-state index contributed by atoms with van der Waals surface area (Å²) in [6, 6.07) is 0.356. The van der Waals surface area contributed by atoms with Gasteiger partial charge < -0.3 is 10.6 Å². The number of alkyl halides is 7. The van der Waals surface area contributed by atoms with Crippen molar-refractivity contribution < 1.29 is 30.7 Å². The molecule has 0 spiro atoms. The van der Waals surface area contributed by atoms with Gasteiger partial charge in [-0.25, -0.2) is 37.5 Å². The first-order valence-corrected chi connectivity index (χ1v) is 8.93.